The van der Waals surface area contributed by atoms with Crippen LogP contribution in [0.4, 0.5) is 0 Å². The Kier molecular flexibility index (Phi) is 5.12. The maximum atomic E-state index is 12.4. The van der Waals surface area contributed by atoms with E-state index in [9.17, 15) is 9.59 Å². The van der Waals surface area contributed by atoms with Crippen LogP contribution in [0.5, 0.6) is 17.2 Å². The Morgan fingerprint density at radius 1 is 1.17 bits per heavy atom. The first-order valence-electron chi connectivity index (χ1n) is 9.29. The summed E-state index contributed by atoms with van der Waals surface area (Å²) in [6.45, 7) is 2.46. The van der Waals surface area contributed by atoms with E-state index in [1.165, 1.54) is 6.07 Å². The van der Waals surface area contributed by atoms with Gasteiger partial charge in [-0.1, -0.05) is 12.1 Å². The molecule has 150 valence electrons. The van der Waals surface area contributed by atoms with E-state index < -0.39 is 5.63 Å². The Morgan fingerprint density at radius 3 is 2.79 bits per heavy atom. The molecule has 4 rings (SSSR count). The molecule has 7 nitrogen and oxygen atoms in total. The number of rotatable bonds is 5. The highest BCUT2D eigenvalue weighted by Crippen LogP contribution is 2.31. The second-order valence-electron chi connectivity index (χ2n) is 6.97. The molecule has 0 N–H and O–H groups in total. The normalized spacial score (nSPS) is 15.2. The number of likely N-dealkylation sites (N-methyl/N-ethyl adjacent to an activating group) is 1. The van der Waals surface area contributed by atoms with Crippen molar-refractivity contribution in [1.29, 1.82) is 0 Å². The molecule has 1 aliphatic heterocycles. The van der Waals surface area contributed by atoms with Crippen LogP contribution in [0, 0.1) is 6.92 Å². The lowest BCUT2D eigenvalue weighted by molar-refractivity contribution is -0.133. The third kappa shape index (κ3) is 4.18. The quantitative estimate of drug-likeness (QED) is 0.618. The number of carbonyl (C=O) groups is 1. The van der Waals surface area contributed by atoms with E-state index in [0.717, 1.165) is 10.9 Å². The van der Waals surface area contributed by atoms with Crippen molar-refractivity contribution in [2.24, 2.45) is 0 Å². The summed E-state index contributed by atoms with van der Waals surface area (Å²) in [5.41, 5.74) is 0.842. The third-order valence-electron chi connectivity index (χ3n) is 4.76. The summed E-state index contributed by atoms with van der Waals surface area (Å²) in [6.07, 6.45) is -0.253. The predicted octanol–water partition coefficient (Wildman–Crippen LogP) is 2.78. The minimum atomic E-state index is -0.417. The molecule has 7 heteroatoms. The molecule has 0 radical (unpaired) electrons. The van der Waals surface area contributed by atoms with Crippen LogP contribution in [0.1, 0.15) is 5.56 Å². The molecule has 0 fully saturated rings. The summed E-state index contributed by atoms with van der Waals surface area (Å²) in [4.78, 5) is 25.5. The highest BCUT2D eigenvalue weighted by molar-refractivity contribution is 5.81. The molecule has 0 bridgehead atoms. The number of benzene rings is 2. The number of amides is 1. The molecule has 29 heavy (non-hydrogen) atoms. The van der Waals surface area contributed by atoms with E-state index in [0.29, 0.717) is 36.0 Å². The van der Waals surface area contributed by atoms with E-state index >= 15 is 0 Å². The molecular formula is C22H21NO6. The fraction of sp³-hybridized carbons (Fsp3) is 0.273. The van der Waals surface area contributed by atoms with Crippen LogP contribution in [-0.2, 0) is 4.79 Å². The maximum Gasteiger partial charge on any atom is 0.336 e. The third-order valence-corrected chi connectivity index (χ3v) is 4.76. The Balaban J connectivity index is 1.35. The molecule has 0 saturated carbocycles. The van der Waals surface area contributed by atoms with E-state index in [-0.39, 0.29) is 18.6 Å². The van der Waals surface area contributed by atoms with Gasteiger partial charge in [-0.05, 0) is 36.8 Å². The summed E-state index contributed by atoms with van der Waals surface area (Å²) in [6, 6.07) is 14.1. The average molecular weight is 395 g/mol. The summed E-state index contributed by atoms with van der Waals surface area (Å²) in [5.74, 6) is 1.64. The Bertz CT molecular complexity index is 1110. The highest BCUT2D eigenvalue weighted by Gasteiger charge is 2.23. The number of nitrogens with zero attached hydrogens (tertiary/aromatic N) is 1. The van der Waals surface area contributed by atoms with Gasteiger partial charge in [0.25, 0.3) is 5.91 Å². The monoisotopic (exact) mass is 395 g/mol. The number of hydrogen-bond acceptors (Lipinski definition) is 6. The second-order valence-corrected chi connectivity index (χ2v) is 6.97. The van der Waals surface area contributed by atoms with Crippen molar-refractivity contribution in [2.45, 2.75) is 13.0 Å². The molecule has 2 heterocycles. The van der Waals surface area contributed by atoms with Gasteiger partial charge in [-0.25, -0.2) is 4.79 Å². The molecule has 1 amide bonds. The van der Waals surface area contributed by atoms with E-state index in [1.54, 1.807) is 24.1 Å². The first-order chi connectivity index (χ1) is 14.0. The Morgan fingerprint density at radius 2 is 1.97 bits per heavy atom. The van der Waals surface area contributed by atoms with Crippen molar-refractivity contribution in [2.75, 3.05) is 26.8 Å². The first-order valence-corrected chi connectivity index (χ1v) is 9.29. The summed E-state index contributed by atoms with van der Waals surface area (Å²) in [7, 11) is 1.69. The van der Waals surface area contributed by atoms with Gasteiger partial charge in [0.15, 0.2) is 24.2 Å². The van der Waals surface area contributed by atoms with Gasteiger partial charge in [-0.15, -0.1) is 0 Å². The highest BCUT2D eigenvalue weighted by atomic mass is 16.6. The van der Waals surface area contributed by atoms with Gasteiger partial charge in [0.05, 0.1) is 6.54 Å². The number of carbonyl (C=O) groups excluding carboxylic acids is 1. The van der Waals surface area contributed by atoms with Crippen LogP contribution < -0.4 is 19.8 Å². The molecule has 3 aromatic rings. The minimum Gasteiger partial charge on any atom is -0.486 e. The van der Waals surface area contributed by atoms with Gasteiger partial charge < -0.3 is 23.5 Å². The Labute approximate surface area is 167 Å². The van der Waals surface area contributed by atoms with Crippen molar-refractivity contribution >= 4 is 16.9 Å². The lowest BCUT2D eigenvalue weighted by Gasteiger charge is -2.29. The lowest BCUT2D eigenvalue weighted by atomic mass is 10.1. The van der Waals surface area contributed by atoms with Crippen LogP contribution in [0.2, 0.25) is 0 Å². The van der Waals surface area contributed by atoms with Gasteiger partial charge in [-0.2, -0.15) is 0 Å². The number of aryl methyl sites for hydroxylation is 1. The lowest BCUT2D eigenvalue weighted by Crippen LogP contribution is -2.43. The van der Waals surface area contributed by atoms with Crippen molar-refractivity contribution in [3.63, 3.8) is 0 Å². The van der Waals surface area contributed by atoms with Crippen molar-refractivity contribution in [3.8, 4) is 17.2 Å². The molecular weight excluding hydrogens is 374 g/mol. The number of para-hydroxylation sites is 2. The van der Waals surface area contributed by atoms with Gasteiger partial charge in [0.1, 0.15) is 17.9 Å². The first kappa shape index (κ1) is 18.9. The zero-order valence-corrected chi connectivity index (χ0v) is 16.2. The van der Waals surface area contributed by atoms with E-state index in [1.807, 2.05) is 37.3 Å². The van der Waals surface area contributed by atoms with Crippen LogP contribution in [0.3, 0.4) is 0 Å². The number of ether oxygens (including phenoxy) is 3. The zero-order valence-electron chi connectivity index (χ0n) is 16.2. The van der Waals surface area contributed by atoms with Crippen molar-refractivity contribution in [1.82, 2.24) is 4.90 Å². The van der Waals surface area contributed by atoms with Crippen LogP contribution in [0.25, 0.3) is 11.0 Å². The fourth-order valence-electron chi connectivity index (χ4n) is 3.21. The predicted molar refractivity (Wildman–Crippen MR) is 107 cm³/mol. The second kappa shape index (κ2) is 7.87. The van der Waals surface area contributed by atoms with Gasteiger partial charge in [0.2, 0.25) is 0 Å². The van der Waals surface area contributed by atoms with Gasteiger partial charge in [-0.3, -0.25) is 4.79 Å². The Hall–Kier alpha value is -3.48. The van der Waals surface area contributed by atoms with Crippen LogP contribution in [-0.4, -0.2) is 43.7 Å². The van der Waals surface area contributed by atoms with Crippen molar-refractivity contribution in [3.05, 3.63) is 64.5 Å². The molecule has 1 atom stereocenters. The van der Waals surface area contributed by atoms with Crippen LogP contribution in [0.15, 0.2) is 57.7 Å². The molecule has 1 aromatic heterocycles. The molecule has 0 aliphatic carbocycles. The molecule has 0 spiro atoms. The fourth-order valence-corrected chi connectivity index (χ4v) is 3.21. The SMILES string of the molecule is Cc1cc(=O)oc2cc(OCC(=O)N(C)CC3COc4ccccc4O3)ccc12. The van der Waals surface area contributed by atoms with Gasteiger partial charge in [0, 0.05) is 24.6 Å². The zero-order chi connectivity index (χ0) is 20.4. The largest absolute Gasteiger partial charge is 0.486 e. The maximum absolute atomic E-state index is 12.4. The van der Waals surface area contributed by atoms with Gasteiger partial charge >= 0.3 is 5.63 Å². The van der Waals surface area contributed by atoms with Crippen molar-refractivity contribution < 1.29 is 23.4 Å². The molecule has 0 saturated heterocycles. The summed E-state index contributed by atoms with van der Waals surface area (Å²) in [5, 5.41) is 0.829. The summed E-state index contributed by atoms with van der Waals surface area (Å²) >= 11 is 0. The molecule has 2 aromatic carbocycles. The number of fused-ring (bicyclic) bond motifs is 2. The number of hydrogen-bond donors (Lipinski definition) is 0. The minimum absolute atomic E-state index is 0.137. The van der Waals surface area contributed by atoms with E-state index in [4.69, 9.17) is 18.6 Å². The standard InChI is InChI=1S/C22H21NO6/c1-14-9-22(25)29-20-10-15(7-8-17(14)20)26-13-21(24)23(2)11-16-12-27-18-5-3-4-6-19(18)28-16/h3-10,16H,11-13H2,1-2H3. The average Bonchev–Trinajstić information content (AvgIpc) is 2.71. The molecule has 1 unspecified atom stereocenters. The topological polar surface area (TPSA) is 78.2 Å². The van der Waals surface area contributed by atoms with E-state index in [2.05, 4.69) is 0 Å². The smallest absolute Gasteiger partial charge is 0.336 e. The van der Waals surface area contributed by atoms with Crippen LogP contribution >= 0.6 is 0 Å². The summed E-state index contributed by atoms with van der Waals surface area (Å²) < 4.78 is 22.4. The molecule has 1 aliphatic rings.